The zero-order valence-electron chi connectivity index (χ0n) is 6.36. The number of hydrogen-bond donors (Lipinski definition) is 2. The van der Waals surface area contributed by atoms with Crippen molar-refractivity contribution in [1.82, 2.24) is 4.41 Å². The summed E-state index contributed by atoms with van der Waals surface area (Å²) in [5, 5.41) is 2.96. The first-order valence-corrected chi connectivity index (χ1v) is 3.63. The van der Waals surface area contributed by atoms with Crippen LogP contribution in [-0.4, -0.2) is 22.8 Å². The zero-order valence-corrected chi connectivity index (χ0v) is 7.18. The Morgan fingerprint density at radius 3 is 2.75 bits per heavy atom. The summed E-state index contributed by atoms with van der Waals surface area (Å²) < 4.78 is 16.6. The molecule has 4 N–H and O–H groups in total. The van der Waals surface area contributed by atoms with Gasteiger partial charge in [0.05, 0.1) is 6.61 Å². The molecule has 0 heterocycles. The standard InChI is InChI=1S/C4H9FN4O2S/c1-2-11-4(10)3(8-6)9(7)12-5/h2,6-7H2,1H3/b8-3-. The SMILES string of the molecule is CCOC(=O)/C(=N/N)N(N)SF. The quantitative estimate of drug-likeness (QED) is 0.155. The first-order chi connectivity index (χ1) is 5.67. The van der Waals surface area contributed by atoms with Gasteiger partial charge in [-0.15, -0.1) is 3.89 Å². The molecule has 0 aliphatic carbocycles. The molecule has 0 amide bonds. The molecule has 0 aromatic carbocycles. The van der Waals surface area contributed by atoms with Crippen molar-refractivity contribution in [1.29, 1.82) is 0 Å². The second-order valence-electron chi connectivity index (χ2n) is 1.57. The van der Waals surface area contributed by atoms with Gasteiger partial charge >= 0.3 is 5.97 Å². The van der Waals surface area contributed by atoms with Crippen LogP contribution in [0.15, 0.2) is 5.10 Å². The molecule has 0 bridgehead atoms. The molecule has 0 aromatic heterocycles. The maximum Gasteiger partial charge on any atom is 0.378 e. The molecule has 0 aliphatic rings. The number of hydrogen-bond acceptors (Lipinski definition) is 6. The summed E-state index contributed by atoms with van der Waals surface area (Å²) in [6, 6.07) is 0. The Balaban J connectivity index is 4.26. The predicted octanol–water partition coefficient (Wildman–Crippen LogP) is -0.470. The molecule has 6 nitrogen and oxygen atoms in total. The van der Waals surface area contributed by atoms with Gasteiger partial charge in [-0.3, -0.25) is 0 Å². The lowest BCUT2D eigenvalue weighted by molar-refractivity contribution is -0.135. The second kappa shape index (κ2) is 5.61. The van der Waals surface area contributed by atoms with Crippen molar-refractivity contribution in [2.45, 2.75) is 6.92 Å². The highest BCUT2D eigenvalue weighted by molar-refractivity contribution is 7.92. The van der Waals surface area contributed by atoms with Crippen molar-refractivity contribution in [2.75, 3.05) is 6.61 Å². The van der Waals surface area contributed by atoms with Crippen molar-refractivity contribution in [3.63, 3.8) is 0 Å². The van der Waals surface area contributed by atoms with Crippen LogP contribution in [0.25, 0.3) is 0 Å². The summed E-state index contributed by atoms with van der Waals surface area (Å²) in [5.74, 6) is 8.38. The fourth-order valence-corrected chi connectivity index (χ4v) is 0.615. The van der Waals surface area contributed by atoms with Gasteiger partial charge in [-0.25, -0.2) is 10.6 Å². The third kappa shape index (κ3) is 2.93. The number of carbonyl (C=O) groups excluding carboxylic acids is 1. The largest absolute Gasteiger partial charge is 0.460 e. The minimum atomic E-state index is -0.868. The van der Waals surface area contributed by atoms with Crippen molar-refractivity contribution in [3.8, 4) is 0 Å². The Bertz CT molecular complexity index is 188. The minimum Gasteiger partial charge on any atom is -0.460 e. The molecular weight excluding hydrogens is 187 g/mol. The van der Waals surface area contributed by atoms with E-state index in [0.29, 0.717) is 4.41 Å². The highest BCUT2D eigenvalue weighted by atomic mass is 32.2. The topological polar surface area (TPSA) is 93.9 Å². The van der Waals surface area contributed by atoms with E-state index in [1.54, 1.807) is 6.92 Å². The smallest absolute Gasteiger partial charge is 0.378 e. The lowest BCUT2D eigenvalue weighted by atomic mass is 10.6. The number of amidine groups is 1. The van der Waals surface area contributed by atoms with Crippen LogP contribution < -0.4 is 11.7 Å². The Labute approximate surface area is 73.1 Å². The second-order valence-corrected chi connectivity index (χ2v) is 2.10. The maximum absolute atomic E-state index is 11.8. The van der Waals surface area contributed by atoms with Crippen LogP contribution in [0.2, 0.25) is 0 Å². The molecule has 12 heavy (non-hydrogen) atoms. The molecule has 0 saturated carbocycles. The van der Waals surface area contributed by atoms with E-state index in [9.17, 15) is 8.68 Å². The van der Waals surface area contributed by atoms with Crippen LogP contribution >= 0.6 is 12.3 Å². The minimum absolute atomic E-state index is 0.142. The highest BCUT2D eigenvalue weighted by Gasteiger charge is 2.19. The summed E-state index contributed by atoms with van der Waals surface area (Å²) in [5.41, 5.74) is 0. The van der Waals surface area contributed by atoms with Gasteiger partial charge in [-0.05, 0) is 6.92 Å². The van der Waals surface area contributed by atoms with Gasteiger partial charge in [0.2, 0.25) is 0 Å². The van der Waals surface area contributed by atoms with Gasteiger partial charge in [0.25, 0.3) is 5.84 Å². The average molecular weight is 196 g/mol. The summed E-state index contributed by atoms with van der Waals surface area (Å²) in [6.45, 7) is 1.73. The van der Waals surface area contributed by atoms with E-state index < -0.39 is 11.8 Å². The zero-order chi connectivity index (χ0) is 9.56. The molecule has 0 unspecified atom stereocenters. The third-order valence-corrected chi connectivity index (χ3v) is 1.19. The number of esters is 1. The first kappa shape index (κ1) is 11.0. The number of nitrogens with two attached hydrogens (primary N) is 2. The van der Waals surface area contributed by atoms with Crippen LogP contribution in [-0.2, 0) is 9.53 Å². The van der Waals surface area contributed by atoms with Crippen molar-refractivity contribution in [3.05, 3.63) is 0 Å². The van der Waals surface area contributed by atoms with Crippen molar-refractivity contribution < 1.29 is 13.4 Å². The first-order valence-electron chi connectivity index (χ1n) is 2.95. The van der Waals surface area contributed by atoms with Gasteiger partial charge in [0.15, 0.2) is 12.3 Å². The molecule has 0 atom stereocenters. The van der Waals surface area contributed by atoms with Crippen LogP contribution in [0.4, 0.5) is 3.89 Å². The molecule has 0 aliphatic heterocycles. The van der Waals surface area contributed by atoms with Crippen LogP contribution in [0.5, 0.6) is 0 Å². The van der Waals surface area contributed by atoms with Gasteiger partial charge < -0.3 is 10.6 Å². The van der Waals surface area contributed by atoms with E-state index in [1.807, 2.05) is 0 Å². The van der Waals surface area contributed by atoms with E-state index in [2.05, 4.69) is 9.84 Å². The molecule has 0 rings (SSSR count). The average Bonchev–Trinajstić information content (AvgIpc) is 2.06. The molecule has 0 saturated heterocycles. The number of halogens is 1. The summed E-state index contributed by atoms with van der Waals surface area (Å²) in [7, 11) is 0. The lowest BCUT2D eigenvalue weighted by Gasteiger charge is -2.11. The van der Waals surface area contributed by atoms with E-state index in [4.69, 9.17) is 11.7 Å². The molecular formula is C4H9FN4O2S. The summed E-state index contributed by atoms with van der Waals surface area (Å²) >= 11 is -0.389. The van der Waals surface area contributed by atoms with E-state index in [0.717, 1.165) is 0 Å². The Morgan fingerprint density at radius 2 is 2.42 bits per heavy atom. The normalized spacial score (nSPS) is 11.1. The lowest BCUT2D eigenvalue weighted by Crippen LogP contribution is -2.38. The predicted molar refractivity (Wildman–Crippen MR) is 43.0 cm³/mol. The van der Waals surface area contributed by atoms with Gasteiger partial charge in [0.1, 0.15) is 0 Å². The summed E-state index contributed by atoms with van der Waals surface area (Å²) in [6.07, 6.45) is 0. The molecule has 8 heteroatoms. The van der Waals surface area contributed by atoms with E-state index in [-0.39, 0.29) is 18.9 Å². The highest BCUT2D eigenvalue weighted by Crippen LogP contribution is 2.05. The van der Waals surface area contributed by atoms with Crippen LogP contribution in [0.1, 0.15) is 6.92 Å². The third-order valence-electron chi connectivity index (χ3n) is 0.863. The van der Waals surface area contributed by atoms with Gasteiger partial charge in [0, 0.05) is 0 Å². The fourth-order valence-electron chi connectivity index (χ4n) is 0.428. The number of hydrazine groups is 1. The Kier molecular flexibility index (Phi) is 5.13. The maximum atomic E-state index is 11.8. The molecule has 0 radical (unpaired) electrons. The number of rotatable bonds is 2. The van der Waals surface area contributed by atoms with Crippen molar-refractivity contribution >= 4 is 24.1 Å². The molecule has 0 aromatic rings. The van der Waals surface area contributed by atoms with E-state index in [1.165, 1.54) is 0 Å². The monoisotopic (exact) mass is 196 g/mol. The molecule has 0 fully saturated rings. The fraction of sp³-hybridized carbons (Fsp3) is 0.500. The van der Waals surface area contributed by atoms with Gasteiger partial charge in [-0.2, -0.15) is 9.52 Å². The molecule has 70 valence electrons. The van der Waals surface area contributed by atoms with Crippen molar-refractivity contribution in [2.24, 2.45) is 16.8 Å². The van der Waals surface area contributed by atoms with Crippen LogP contribution in [0.3, 0.4) is 0 Å². The number of ether oxygens (including phenoxy) is 1. The summed E-state index contributed by atoms with van der Waals surface area (Å²) in [4.78, 5) is 10.8. The van der Waals surface area contributed by atoms with Crippen LogP contribution in [0, 0.1) is 0 Å². The number of hydrazone groups is 1. The number of nitrogens with zero attached hydrogens (tertiary/aromatic N) is 2. The number of carbonyl (C=O) groups is 1. The Morgan fingerprint density at radius 1 is 1.83 bits per heavy atom. The Hall–Kier alpha value is -1.02. The van der Waals surface area contributed by atoms with E-state index >= 15 is 0 Å². The van der Waals surface area contributed by atoms with Gasteiger partial charge in [-0.1, -0.05) is 0 Å². The molecule has 0 spiro atoms.